The number of benzene rings is 2. The molecule has 0 bridgehead atoms. The summed E-state index contributed by atoms with van der Waals surface area (Å²) < 4.78 is 10.4. The van der Waals surface area contributed by atoms with Crippen LogP contribution in [0.1, 0.15) is 28.6 Å². The zero-order valence-corrected chi connectivity index (χ0v) is 17.1. The second-order valence-electron chi connectivity index (χ2n) is 6.53. The molecule has 0 aliphatic heterocycles. The molecule has 0 aliphatic rings. The summed E-state index contributed by atoms with van der Waals surface area (Å²) in [5.41, 5.74) is 2.85. The van der Waals surface area contributed by atoms with Gasteiger partial charge in [0.1, 0.15) is 5.75 Å². The van der Waals surface area contributed by atoms with Gasteiger partial charge in [-0.1, -0.05) is 24.3 Å². The van der Waals surface area contributed by atoms with Gasteiger partial charge in [-0.15, -0.1) is 0 Å². The molecule has 0 unspecified atom stereocenters. The van der Waals surface area contributed by atoms with Crippen molar-refractivity contribution in [3.05, 3.63) is 83.8 Å². The molecule has 3 rings (SSSR count). The van der Waals surface area contributed by atoms with Crippen LogP contribution in [-0.4, -0.2) is 25.5 Å². The normalized spacial score (nSPS) is 11.1. The number of nitrogens with one attached hydrogen (secondary N) is 3. The Hall–Kier alpha value is -3.74. The number of furan rings is 1. The average molecular weight is 406 g/mol. The van der Waals surface area contributed by atoms with Gasteiger partial charge in [0.15, 0.2) is 11.7 Å². The maximum Gasteiger partial charge on any atom is 0.291 e. The highest BCUT2D eigenvalue weighted by Crippen LogP contribution is 2.14. The maximum atomic E-state index is 12.0. The molecule has 7 heteroatoms. The number of hydrogen-bond donors (Lipinski definition) is 3. The Morgan fingerprint density at radius 1 is 1.03 bits per heavy atom. The molecular formula is C23H26N4O3. The first-order valence-corrected chi connectivity index (χ1v) is 9.77. The third-order valence-electron chi connectivity index (χ3n) is 4.31. The zero-order valence-electron chi connectivity index (χ0n) is 17.1. The number of hydrogen-bond acceptors (Lipinski definition) is 4. The van der Waals surface area contributed by atoms with Crippen LogP contribution in [0, 0.1) is 0 Å². The topological polar surface area (TPSA) is 87.9 Å². The fourth-order valence-electron chi connectivity index (χ4n) is 2.78. The van der Waals surface area contributed by atoms with Gasteiger partial charge in [0.2, 0.25) is 0 Å². The molecule has 2 aromatic carbocycles. The van der Waals surface area contributed by atoms with Crippen molar-refractivity contribution in [3.63, 3.8) is 0 Å². The predicted molar refractivity (Wildman–Crippen MR) is 118 cm³/mol. The Morgan fingerprint density at radius 3 is 2.57 bits per heavy atom. The summed E-state index contributed by atoms with van der Waals surface area (Å²) in [7, 11) is 1.65. The number of carbonyl (C=O) groups is 1. The number of carbonyl (C=O) groups excluding carboxylic acids is 1. The Morgan fingerprint density at radius 2 is 1.87 bits per heavy atom. The van der Waals surface area contributed by atoms with Crippen LogP contribution in [-0.2, 0) is 13.1 Å². The van der Waals surface area contributed by atoms with Gasteiger partial charge in [-0.05, 0) is 54.4 Å². The summed E-state index contributed by atoms with van der Waals surface area (Å²) in [6.45, 7) is 3.95. The summed E-state index contributed by atoms with van der Waals surface area (Å²) >= 11 is 0. The highest BCUT2D eigenvalue weighted by molar-refractivity contribution is 6.02. The van der Waals surface area contributed by atoms with Crippen LogP contribution in [0.25, 0.3) is 0 Å². The van der Waals surface area contributed by atoms with Gasteiger partial charge in [-0.3, -0.25) is 4.79 Å². The average Bonchev–Trinajstić information content (AvgIpc) is 3.32. The van der Waals surface area contributed by atoms with Gasteiger partial charge in [0.25, 0.3) is 5.91 Å². The molecule has 156 valence electrons. The minimum absolute atomic E-state index is 0.273. The molecule has 0 radical (unpaired) electrons. The molecule has 1 amide bonds. The lowest BCUT2D eigenvalue weighted by Crippen LogP contribution is -2.36. The minimum atomic E-state index is -0.273. The number of aliphatic imine (C=N–C) groups is 1. The first-order chi connectivity index (χ1) is 14.7. The molecule has 0 saturated carbocycles. The van der Waals surface area contributed by atoms with E-state index in [0.29, 0.717) is 18.8 Å². The fourth-order valence-corrected chi connectivity index (χ4v) is 2.78. The van der Waals surface area contributed by atoms with E-state index in [9.17, 15) is 4.79 Å². The molecule has 1 heterocycles. The highest BCUT2D eigenvalue weighted by Gasteiger charge is 2.08. The fraction of sp³-hybridized carbons (Fsp3) is 0.217. The number of ether oxygens (including phenoxy) is 1. The lowest BCUT2D eigenvalue weighted by molar-refractivity contribution is 0.0996. The quantitative estimate of drug-likeness (QED) is 0.391. The number of methoxy groups -OCH3 is 1. The van der Waals surface area contributed by atoms with Gasteiger partial charge in [0, 0.05) is 18.8 Å². The molecule has 7 nitrogen and oxygen atoms in total. The molecular weight excluding hydrogens is 380 g/mol. The number of anilines is 1. The molecule has 3 N–H and O–H groups in total. The van der Waals surface area contributed by atoms with Crippen molar-refractivity contribution in [1.29, 1.82) is 0 Å². The van der Waals surface area contributed by atoms with Gasteiger partial charge in [-0.25, -0.2) is 4.99 Å². The molecule has 30 heavy (non-hydrogen) atoms. The van der Waals surface area contributed by atoms with E-state index in [1.807, 2.05) is 55.5 Å². The highest BCUT2D eigenvalue weighted by atomic mass is 16.5. The Balaban J connectivity index is 1.55. The molecule has 3 aromatic rings. The van der Waals surface area contributed by atoms with E-state index in [1.165, 1.54) is 6.26 Å². The summed E-state index contributed by atoms with van der Waals surface area (Å²) in [6.07, 6.45) is 1.47. The van der Waals surface area contributed by atoms with Crippen molar-refractivity contribution in [2.24, 2.45) is 4.99 Å². The van der Waals surface area contributed by atoms with Gasteiger partial charge < -0.3 is 25.1 Å². The number of amides is 1. The Labute approximate surface area is 176 Å². The lowest BCUT2D eigenvalue weighted by Gasteiger charge is -2.12. The standard InChI is InChI=1S/C23H26N4O3/c1-3-24-23(26-16-18-6-4-7-20(14-18)29-2)25-15-17-9-11-19(12-10-17)27-22(28)21-8-5-13-30-21/h4-14H,3,15-16H2,1-2H3,(H,27,28)(H2,24,25,26). The maximum absolute atomic E-state index is 12.0. The van der Waals surface area contributed by atoms with E-state index in [2.05, 4.69) is 20.9 Å². The van der Waals surface area contributed by atoms with E-state index >= 15 is 0 Å². The zero-order chi connectivity index (χ0) is 21.2. The first kappa shape index (κ1) is 21.0. The molecule has 1 aromatic heterocycles. The van der Waals surface area contributed by atoms with E-state index in [0.717, 1.165) is 29.4 Å². The third-order valence-corrected chi connectivity index (χ3v) is 4.31. The van der Waals surface area contributed by atoms with Crippen molar-refractivity contribution in [2.45, 2.75) is 20.0 Å². The SMILES string of the molecule is CCNC(=NCc1cccc(OC)c1)NCc1ccc(NC(=O)c2ccco2)cc1. The van der Waals surface area contributed by atoms with Crippen LogP contribution >= 0.6 is 0 Å². The van der Waals surface area contributed by atoms with Gasteiger partial charge in [0.05, 0.1) is 19.9 Å². The second-order valence-corrected chi connectivity index (χ2v) is 6.53. The van der Waals surface area contributed by atoms with E-state index in [-0.39, 0.29) is 11.7 Å². The smallest absolute Gasteiger partial charge is 0.291 e. The van der Waals surface area contributed by atoms with E-state index in [4.69, 9.17) is 9.15 Å². The van der Waals surface area contributed by atoms with Crippen LogP contribution in [0.15, 0.2) is 76.3 Å². The summed E-state index contributed by atoms with van der Waals surface area (Å²) in [4.78, 5) is 16.7. The van der Waals surface area contributed by atoms with Crippen LogP contribution in [0.2, 0.25) is 0 Å². The summed E-state index contributed by atoms with van der Waals surface area (Å²) in [6, 6.07) is 18.8. The van der Waals surface area contributed by atoms with Crippen LogP contribution in [0.3, 0.4) is 0 Å². The molecule has 0 atom stereocenters. The third kappa shape index (κ3) is 6.13. The predicted octanol–water partition coefficient (Wildman–Crippen LogP) is 3.80. The second kappa shape index (κ2) is 10.7. The van der Waals surface area contributed by atoms with Crippen molar-refractivity contribution >= 4 is 17.6 Å². The van der Waals surface area contributed by atoms with Gasteiger partial charge in [-0.2, -0.15) is 0 Å². The molecule has 0 aliphatic carbocycles. The first-order valence-electron chi connectivity index (χ1n) is 9.77. The molecule has 0 spiro atoms. The monoisotopic (exact) mass is 406 g/mol. The number of nitrogens with zero attached hydrogens (tertiary/aromatic N) is 1. The summed E-state index contributed by atoms with van der Waals surface area (Å²) in [5, 5.41) is 9.37. The van der Waals surface area contributed by atoms with Crippen molar-refractivity contribution in [3.8, 4) is 5.75 Å². The van der Waals surface area contributed by atoms with E-state index in [1.54, 1.807) is 19.2 Å². The van der Waals surface area contributed by atoms with Crippen molar-refractivity contribution in [1.82, 2.24) is 10.6 Å². The molecule has 0 fully saturated rings. The Kier molecular flexibility index (Phi) is 7.49. The largest absolute Gasteiger partial charge is 0.497 e. The van der Waals surface area contributed by atoms with E-state index < -0.39 is 0 Å². The minimum Gasteiger partial charge on any atom is -0.497 e. The molecule has 0 saturated heterocycles. The van der Waals surface area contributed by atoms with Crippen molar-refractivity contribution in [2.75, 3.05) is 19.0 Å². The van der Waals surface area contributed by atoms with Crippen LogP contribution in [0.4, 0.5) is 5.69 Å². The van der Waals surface area contributed by atoms with Crippen LogP contribution in [0.5, 0.6) is 5.75 Å². The van der Waals surface area contributed by atoms with Gasteiger partial charge >= 0.3 is 0 Å². The summed E-state index contributed by atoms with van der Waals surface area (Å²) in [5.74, 6) is 1.56. The number of rotatable bonds is 8. The Bertz CT molecular complexity index is 966. The lowest BCUT2D eigenvalue weighted by atomic mass is 10.2. The number of guanidine groups is 1. The van der Waals surface area contributed by atoms with Crippen molar-refractivity contribution < 1.29 is 13.9 Å². The van der Waals surface area contributed by atoms with Crippen LogP contribution < -0.4 is 20.7 Å².